The average Bonchev–Trinajstić information content (AvgIpc) is 2.56. The van der Waals surface area contributed by atoms with E-state index in [0.717, 1.165) is 11.6 Å². The van der Waals surface area contributed by atoms with E-state index in [1.165, 1.54) is 19.6 Å². The average molecular weight is 321 g/mol. The third-order valence-electron chi connectivity index (χ3n) is 3.33. The van der Waals surface area contributed by atoms with Gasteiger partial charge in [-0.2, -0.15) is 0 Å². The van der Waals surface area contributed by atoms with Gasteiger partial charge in [-0.3, -0.25) is 4.79 Å². The van der Waals surface area contributed by atoms with Crippen molar-refractivity contribution >= 4 is 17.6 Å². The molecule has 0 aromatic heterocycles. The van der Waals surface area contributed by atoms with Gasteiger partial charge in [0.1, 0.15) is 0 Å². The first-order chi connectivity index (χ1) is 11.0. The molecule has 0 fully saturated rings. The summed E-state index contributed by atoms with van der Waals surface area (Å²) < 4.78 is 0. The number of carbonyl (C=O) groups excluding carboxylic acids is 2. The number of amides is 1. The van der Waals surface area contributed by atoms with E-state index in [9.17, 15) is 14.7 Å². The lowest BCUT2D eigenvalue weighted by Gasteiger charge is -2.10. The number of benzene rings is 1. The summed E-state index contributed by atoms with van der Waals surface area (Å²) in [6.45, 7) is 10.9. The second kappa shape index (κ2) is 12.4. The Labute approximate surface area is 138 Å². The van der Waals surface area contributed by atoms with E-state index in [1.54, 1.807) is 29.2 Å². The number of aliphatic carboxylic acids is 1. The van der Waals surface area contributed by atoms with Crippen molar-refractivity contribution in [2.45, 2.75) is 27.3 Å². The fourth-order valence-electron chi connectivity index (χ4n) is 1.80. The topological polar surface area (TPSA) is 99.7 Å². The van der Waals surface area contributed by atoms with Gasteiger partial charge < -0.3 is 25.9 Å². The van der Waals surface area contributed by atoms with Gasteiger partial charge in [-0.15, -0.1) is 0 Å². The Balaban J connectivity index is 0.000000585. The zero-order chi connectivity index (χ0) is 17.7. The summed E-state index contributed by atoms with van der Waals surface area (Å²) in [5.41, 5.74) is 6.93. The van der Waals surface area contributed by atoms with Crippen molar-refractivity contribution in [3.63, 3.8) is 0 Å². The van der Waals surface area contributed by atoms with Crippen LogP contribution in [-0.2, 0) is 16.1 Å². The number of quaternary nitrogens is 1. The first-order valence-corrected chi connectivity index (χ1v) is 7.79. The Morgan fingerprint density at radius 1 is 1.09 bits per heavy atom. The van der Waals surface area contributed by atoms with Gasteiger partial charge in [-0.05, 0) is 44.5 Å². The van der Waals surface area contributed by atoms with E-state index in [-0.39, 0.29) is 0 Å². The standard InChI is InChI=1S/C11H12N2O3.C6H15N/c12-7-8-1-3-9(4-2-8)13-10(14)5-6-11(15)16;1-4-7(5-2)6-3/h1-6H,7,12H2,(H,13,14)(H,15,16);4-6H2,1-3H3. The fraction of sp³-hybridized carbons (Fsp3) is 0.412. The molecule has 0 atom stereocenters. The number of nitrogens with one attached hydrogen (secondary N) is 2. The number of carbonyl (C=O) groups is 2. The quantitative estimate of drug-likeness (QED) is 0.579. The summed E-state index contributed by atoms with van der Waals surface area (Å²) in [6, 6.07) is 6.93. The van der Waals surface area contributed by atoms with Crippen LogP contribution >= 0.6 is 0 Å². The number of carboxylic acid groups (broad SMARTS) is 1. The van der Waals surface area contributed by atoms with Crippen LogP contribution in [0.25, 0.3) is 0 Å². The summed E-state index contributed by atoms with van der Waals surface area (Å²) in [4.78, 5) is 22.9. The minimum atomic E-state index is -1.41. The van der Waals surface area contributed by atoms with Gasteiger partial charge >= 0.3 is 0 Å². The predicted octanol–water partition coefficient (Wildman–Crippen LogP) is -0.679. The minimum absolute atomic E-state index is 0.429. The first kappa shape index (κ1) is 20.8. The summed E-state index contributed by atoms with van der Waals surface area (Å²) >= 11 is 0. The highest BCUT2D eigenvalue weighted by Crippen LogP contribution is 2.08. The number of hydrogen-bond donors (Lipinski definition) is 3. The Morgan fingerprint density at radius 3 is 1.96 bits per heavy atom. The molecule has 1 amide bonds. The molecule has 1 aromatic rings. The van der Waals surface area contributed by atoms with Crippen LogP contribution in [0, 0.1) is 0 Å². The number of carboxylic acids is 1. The number of anilines is 1. The van der Waals surface area contributed by atoms with Crippen molar-refractivity contribution < 1.29 is 19.6 Å². The van der Waals surface area contributed by atoms with E-state index in [0.29, 0.717) is 18.3 Å². The maximum atomic E-state index is 11.2. The van der Waals surface area contributed by atoms with Crippen LogP contribution in [0.4, 0.5) is 5.69 Å². The van der Waals surface area contributed by atoms with Crippen LogP contribution in [-0.4, -0.2) is 31.5 Å². The lowest BCUT2D eigenvalue weighted by molar-refractivity contribution is -0.894. The highest BCUT2D eigenvalue weighted by atomic mass is 16.4. The largest absolute Gasteiger partial charge is 0.545 e. The molecular weight excluding hydrogens is 294 g/mol. The molecule has 0 saturated carbocycles. The van der Waals surface area contributed by atoms with Gasteiger partial charge in [0.05, 0.1) is 25.6 Å². The summed E-state index contributed by atoms with van der Waals surface area (Å²) in [5.74, 6) is -1.93. The maximum Gasteiger partial charge on any atom is 0.248 e. The highest BCUT2D eigenvalue weighted by molar-refractivity contribution is 6.02. The predicted molar refractivity (Wildman–Crippen MR) is 89.7 cm³/mol. The Hall–Kier alpha value is -2.18. The Kier molecular flexibility index (Phi) is 11.2. The van der Waals surface area contributed by atoms with E-state index >= 15 is 0 Å². The molecule has 0 unspecified atom stereocenters. The molecule has 23 heavy (non-hydrogen) atoms. The zero-order valence-corrected chi connectivity index (χ0v) is 14.1. The van der Waals surface area contributed by atoms with Crippen molar-refractivity contribution in [3.8, 4) is 0 Å². The zero-order valence-electron chi connectivity index (χ0n) is 14.1. The van der Waals surface area contributed by atoms with E-state index in [4.69, 9.17) is 5.73 Å². The second-order valence-electron chi connectivity index (χ2n) is 4.85. The van der Waals surface area contributed by atoms with Gasteiger partial charge in [0, 0.05) is 18.3 Å². The third kappa shape index (κ3) is 10.2. The molecule has 1 aromatic carbocycles. The van der Waals surface area contributed by atoms with Crippen molar-refractivity contribution in [2.24, 2.45) is 5.73 Å². The van der Waals surface area contributed by atoms with Crippen molar-refractivity contribution in [1.29, 1.82) is 0 Å². The molecular formula is C17H27N3O3. The number of nitrogens with two attached hydrogens (primary N) is 1. The van der Waals surface area contributed by atoms with E-state index in [1.807, 2.05) is 0 Å². The van der Waals surface area contributed by atoms with Gasteiger partial charge in [0.15, 0.2) is 0 Å². The van der Waals surface area contributed by atoms with Gasteiger partial charge in [-0.25, -0.2) is 0 Å². The normalized spacial score (nSPS) is 10.3. The summed E-state index contributed by atoms with van der Waals surface area (Å²) in [6.07, 6.45) is 1.57. The Bertz CT molecular complexity index is 489. The number of rotatable bonds is 7. The van der Waals surface area contributed by atoms with Crippen molar-refractivity contribution in [2.75, 3.05) is 25.0 Å². The summed E-state index contributed by atoms with van der Waals surface area (Å²) in [5, 5.41) is 12.5. The molecule has 0 saturated heterocycles. The first-order valence-electron chi connectivity index (χ1n) is 7.79. The van der Waals surface area contributed by atoms with E-state index in [2.05, 4.69) is 26.1 Å². The maximum absolute atomic E-state index is 11.2. The fourth-order valence-corrected chi connectivity index (χ4v) is 1.80. The molecule has 4 N–H and O–H groups in total. The van der Waals surface area contributed by atoms with Crippen LogP contribution < -0.4 is 21.1 Å². The monoisotopic (exact) mass is 321 g/mol. The molecule has 1 rings (SSSR count). The molecule has 128 valence electrons. The SMILES string of the molecule is CC[NH+](CC)CC.NCc1ccc(NC(=O)C=CC(=O)[O-])cc1. The molecule has 6 nitrogen and oxygen atoms in total. The Morgan fingerprint density at radius 2 is 1.61 bits per heavy atom. The molecule has 0 radical (unpaired) electrons. The van der Waals surface area contributed by atoms with Crippen LogP contribution in [0.15, 0.2) is 36.4 Å². The lowest BCUT2D eigenvalue weighted by Crippen LogP contribution is -3.11. The molecule has 6 heteroatoms. The minimum Gasteiger partial charge on any atom is -0.545 e. The molecule has 0 bridgehead atoms. The van der Waals surface area contributed by atoms with Gasteiger partial charge in [-0.1, -0.05) is 12.1 Å². The third-order valence-corrected chi connectivity index (χ3v) is 3.33. The lowest BCUT2D eigenvalue weighted by atomic mass is 10.2. The van der Waals surface area contributed by atoms with Crippen LogP contribution in [0.5, 0.6) is 0 Å². The van der Waals surface area contributed by atoms with Crippen LogP contribution in [0.3, 0.4) is 0 Å². The van der Waals surface area contributed by atoms with Gasteiger partial charge in [0.25, 0.3) is 0 Å². The summed E-state index contributed by atoms with van der Waals surface area (Å²) in [7, 11) is 0. The molecule has 0 aliphatic rings. The molecule has 0 aliphatic heterocycles. The second-order valence-corrected chi connectivity index (χ2v) is 4.85. The van der Waals surface area contributed by atoms with E-state index < -0.39 is 11.9 Å². The molecule has 0 spiro atoms. The molecule has 0 aliphatic carbocycles. The highest BCUT2D eigenvalue weighted by Gasteiger charge is 1.97. The number of hydrogen-bond acceptors (Lipinski definition) is 4. The smallest absolute Gasteiger partial charge is 0.248 e. The van der Waals surface area contributed by atoms with Crippen LogP contribution in [0.2, 0.25) is 0 Å². The van der Waals surface area contributed by atoms with Crippen molar-refractivity contribution in [1.82, 2.24) is 0 Å². The van der Waals surface area contributed by atoms with Gasteiger partial charge in [0.2, 0.25) is 5.91 Å². The van der Waals surface area contributed by atoms with Crippen LogP contribution in [0.1, 0.15) is 26.3 Å². The molecule has 0 heterocycles. The van der Waals surface area contributed by atoms with Crippen molar-refractivity contribution in [3.05, 3.63) is 42.0 Å².